The molecule has 0 bridgehead atoms. The van der Waals surface area contributed by atoms with Crippen LogP contribution in [0, 0.1) is 20.8 Å². The zero-order valence-electron chi connectivity index (χ0n) is 20.2. The summed E-state index contributed by atoms with van der Waals surface area (Å²) in [5.41, 5.74) is 11.5. The van der Waals surface area contributed by atoms with Gasteiger partial charge in [-0.15, -0.1) is 0 Å². The molecule has 0 saturated carbocycles. The van der Waals surface area contributed by atoms with Crippen molar-refractivity contribution in [3.05, 3.63) is 126 Å². The van der Waals surface area contributed by atoms with Gasteiger partial charge in [0.15, 0.2) is 0 Å². The minimum absolute atomic E-state index is 0.906. The molecule has 0 unspecified atom stereocenters. The molecule has 0 aliphatic rings. The quantitative estimate of drug-likeness (QED) is 0.265. The maximum atomic E-state index is 5.28. The SMILES string of the molecule is Cc1ccc(-c2cn3c(-c4ccccc4)c(-c4ccccc4)nc3n2-c2cc(C)cc(C)c2)cc1. The molecule has 3 heteroatoms. The molecule has 6 rings (SSSR count). The molecule has 4 aromatic carbocycles. The van der Waals surface area contributed by atoms with Gasteiger partial charge in [0, 0.05) is 28.6 Å². The number of rotatable bonds is 4. The van der Waals surface area contributed by atoms with Gasteiger partial charge in [-0.25, -0.2) is 4.98 Å². The number of aromatic nitrogens is 3. The maximum absolute atomic E-state index is 5.28. The first kappa shape index (κ1) is 21.2. The van der Waals surface area contributed by atoms with Crippen molar-refractivity contribution in [2.24, 2.45) is 0 Å². The lowest BCUT2D eigenvalue weighted by molar-refractivity contribution is 1.07. The normalized spacial score (nSPS) is 11.3. The van der Waals surface area contributed by atoms with E-state index in [1.807, 2.05) is 6.07 Å². The number of aryl methyl sites for hydroxylation is 3. The molecule has 0 saturated heterocycles. The van der Waals surface area contributed by atoms with Crippen LogP contribution >= 0.6 is 0 Å². The molecule has 0 fully saturated rings. The predicted molar refractivity (Wildman–Crippen MR) is 145 cm³/mol. The largest absolute Gasteiger partial charge is 0.282 e. The summed E-state index contributed by atoms with van der Waals surface area (Å²) in [5.74, 6) is 0.906. The van der Waals surface area contributed by atoms with Crippen LogP contribution < -0.4 is 0 Å². The molecule has 6 aromatic rings. The summed E-state index contributed by atoms with van der Waals surface area (Å²) in [4.78, 5) is 5.28. The van der Waals surface area contributed by atoms with Gasteiger partial charge in [-0.1, -0.05) is 96.6 Å². The number of nitrogens with zero attached hydrogens (tertiary/aromatic N) is 3. The van der Waals surface area contributed by atoms with E-state index in [2.05, 4.69) is 133 Å². The van der Waals surface area contributed by atoms with Crippen molar-refractivity contribution >= 4 is 5.78 Å². The topological polar surface area (TPSA) is 22.2 Å². The van der Waals surface area contributed by atoms with E-state index < -0.39 is 0 Å². The predicted octanol–water partition coefficient (Wildman–Crippen LogP) is 8.05. The highest BCUT2D eigenvalue weighted by Gasteiger charge is 2.22. The van der Waals surface area contributed by atoms with Crippen LogP contribution in [0.25, 0.3) is 45.2 Å². The smallest absolute Gasteiger partial charge is 0.220 e. The van der Waals surface area contributed by atoms with Gasteiger partial charge in [0.25, 0.3) is 0 Å². The average molecular weight is 454 g/mol. The van der Waals surface area contributed by atoms with Gasteiger partial charge >= 0.3 is 0 Å². The Hall–Kier alpha value is -4.37. The Morgan fingerprint density at radius 2 is 1.17 bits per heavy atom. The standard InChI is InChI=1S/C32H27N3/c1-22-14-16-25(17-15-22)29-21-34-31(27-12-8-5-9-13-27)30(26-10-6-4-7-11-26)33-32(34)35(29)28-19-23(2)18-24(3)20-28/h4-21H,1-3H3. The number of fused-ring (bicyclic) bond motifs is 1. The van der Waals surface area contributed by atoms with E-state index in [0.717, 1.165) is 39.7 Å². The van der Waals surface area contributed by atoms with Crippen LogP contribution in [0.5, 0.6) is 0 Å². The molecular weight excluding hydrogens is 426 g/mol. The number of imidazole rings is 2. The molecule has 0 spiro atoms. The Bertz CT molecular complexity index is 1620. The van der Waals surface area contributed by atoms with E-state index in [0.29, 0.717) is 0 Å². The van der Waals surface area contributed by atoms with Crippen molar-refractivity contribution in [1.82, 2.24) is 14.0 Å². The van der Waals surface area contributed by atoms with Gasteiger partial charge < -0.3 is 0 Å². The highest BCUT2D eigenvalue weighted by Crippen LogP contribution is 2.37. The lowest BCUT2D eigenvalue weighted by Crippen LogP contribution is -1.99. The number of benzene rings is 4. The second-order valence-corrected chi connectivity index (χ2v) is 9.27. The van der Waals surface area contributed by atoms with Crippen LogP contribution in [0.1, 0.15) is 16.7 Å². The van der Waals surface area contributed by atoms with E-state index >= 15 is 0 Å². The Labute approximate surface area is 206 Å². The van der Waals surface area contributed by atoms with E-state index in [4.69, 9.17) is 4.98 Å². The number of hydrogen-bond donors (Lipinski definition) is 0. The van der Waals surface area contributed by atoms with Crippen molar-refractivity contribution in [3.8, 4) is 39.5 Å². The summed E-state index contributed by atoms with van der Waals surface area (Å²) in [6.45, 7) is 6.43. The summed E-state index contributed by atoms with van der Waals surface area (Å²) in [6.07, 6.45) is 2.24. The molecule has 35 heavy (non-hydrogen) atoms. The monoisotopic (exact) mass is 453 g/mol. The summed E-state index contributed by atoms with van der Waals surface area (Å²) in [5, 5.41) is 0. The van der Waals surface area contributed by atoms with Crippen LogP contribution in [0.3, 0.4) is 0 Å². The molecule has 2 aromatic heterocycles. The van der Waals surface area contributed by atoms with Crippen LogP contribution in [0.15, 0.2) is 109 Å². The van der Waals surface area contributed by atoms with E-state index in [1.165, 1.54) is 22.3 Å². The van der Waals surface area contributed by atoms with E-state index in [9.17, 15) is 0 Å². The minimum atomic E-state index is 0.906. The van der Waals surface area contributed by atoms with Gasteiger partial charge in [-0.05, 0) is 44.0 Å². The fourth-order valence-electron chi connectivity index (χ4n) is 4.92. The fraction of sp³-hybridized carbons (Fsp3) is 0.0938. The van der Waals surface area contributed by atoms with Crippen molar-refractivity contribution in [3.63, 3.8) is 0 Å². The van der Waals surface area contributed by atoms with Crippen LogP contribution in [-0.2, 0) is 0 Å². The van der Waals surface area contributed by atoms with Crippen molar-refractivity contribution < 1.29 is 0 Å². The lowest BCUT2D eigenvalue weighted by atomic mass is 10.0. The van der Waals surface area contributed by atoms with Gasteiger partial charge in [0.2, 0.25) is 5.78 Å². The molecule has 0 radical (unpaired) electrons. The molecule has 170 valence electrons. The molecule has 0 amide bonds. The van der Waals surface area contributed by atoms with Gasteiger partial charge in [-0.3, -0.25) is 8.97 Å². The lowest BCUT2D eigenvalue weighted by Gasteiger charge is -2.11. The van der Waals surface area contributed by atoms with Crippen LogP contribution in [0.2, 0.25) is 0 Å². The Balaban J connectivity index is 1.73. The first-order valence-electron chi connectivity index (χ1n) is 12.0. The number of hydrogen-bond acceptors (Lipinski definition) is 1. The second kappa shape index (κ2) is 8.44. The van der Waals surface area contributed by atoms with Crippen LogP contribution in [-0.4, -0.2) is 14.0 Å². The summed E-state index contributed by atoms with van der Waals surface area (Å²) < 4.78 is 4.55. The molecule has 0 atom stereocenters. The van der Waals surface area contributed by atoms with Gasteiger partial charge in [0.05, 0.1) is 17.1 Å². The van der Waals surface area contributed by atoms with Crippen LogP contribution in [0.4, 0.5) is 0 Å². The highest BCUT2D eigenvalue weighted by molar-refractivity contribution is 5.83. The molecule has 3 nitrogen and oxygen atoms in total. The average Bonchev–Trinajstić information content (AvgIpc) is 3.41. The zero-order chi connectivity index (χ0) is 23.9. The first-order valence-corrected chi connectivity index (χ1v) is 12.0. The Morgan fingerprint density at radius 1 is 0.571 bits per heavy atom. The molecular formula is C32H27N3. The fourth-order valence-corrected chi connectivity index (χ4v) is 4.92. The highest BCUT2D eigenvalue weighted by atomic mass is 15.2. The summed E-state index contributed by atoms with van der Waals surface area (Å²) in [6, 6.07) is 36.5. The summed E-state index contributed by atoms with van der Waals surface area (Å²) in [7, 11) is 0. The van der Waals surface area contributed by atoms with Gasteiger partial charge in [-0.2, -0.15) is 0 Å². The van der Waals surface area contributed by atoms with Crippen molar-refractivity contribution in [2.75, 3.05) is 0 Å². The first-order chi connectivity index (χ1) is 17.1. The van der Waals surface area contributed by atoms with E-state index in [-0.39, 0.29) is 0 Å². The molecule has 0 aliphatic carbocycles. The second-order valence-electron chi connectivity index (χ2n) is 9.27. The summed E-state index contributed by atoms with van der Waals surface area (Å²) >= 11 is 0. The van der Waals surface area contributed by atoms with Crippen molar-refractivity contribution in [1.29, 1.82) is 0 Å². The Kier molecular flexibility index (Phi) is 5.11. The van der Waals surface area contributed by atoms with Gasteiger partial charge in [0.1, 0.15) is 0 Å². The Morgan fingerprint density at radius 3 is 1.80 bits per heavy atom. The third kappa shape index (κ3) is 3.75. The molecule has 2 heterocycles. The van der Waals surface area contributed by atoms with E-state index in [1.54, 1.807) is 0 Å². The zero-order valence-corrected chi connectivity index (χ0v) is 20.2. The minimum Gasteiger partial charge on any atom is -0.282 e. The molecule has 0 aliphatic heterocycles. The van der Waals surface area contributed by atoms with Crippen molar-refractivity contribution in [2.45, 2.75) is 20.8 Å². The third-order valence-corrected chi connectivity index (χ3v) is 6.49. The molecule has 0 N–H and O–H groups in total. The third-order valence-electron chi connectivity index (χ3n) is 6.49. The maximum Gasteiger partial charge on any atom is 0.220 e.